The van der Waals surface area contributed by atoms with Crippen LogP contribution in [0.5, 0.6) is 0 Å². The highest BCUT2D eigenvalue weighted by Crippen LogP contribution is 2.16. The second-order valence-electron chi connectivity index (χ2n) is 3.88. The van der Waals surface area contributed by atoms with E-state index in [-0.39, 0.29) is 11.8 Å². The van der Waals surface area contributed by atoms with Crippen LogP contribution < -0.4 is 5.32 Å². The Kier molecular flexibility index (Phi) is 2.27. The maximum Gasteiger partial charge on any atom is 0.223 e. The summed E-state index contributed by atoms with van der Waals surface area (Å²) in [6.07, 6.45) is 1.76. The third-order valence-electron chi connectivity index (χ3n) is 2.72. The Hall–Kier alpha value is -1.32. The monoisotopic (exact) mass is 193 g/mol. The van der Waals surface area contributed by atoms with Crippen molar-refractivity contribution in [3.63, 3.8) is 0 Å². The molecule has 4 nitrogen and oxygen atoms in total. The van der Waals surface area contributed by atoms with Gasteiger partial charge in [0.1, 0.15) is 0 Å². The first-order valence-corrected chi connectivity index (χ1v) is 4.94. The number of nitrogens with zero attached hydrogens (tertiary/aromatic N) is 2. The van der Waals surface area contributed by atoms with Gasteiger partial charge in [0.05, 0.1) is 5.69 Å². The van der Waals surface area contributed by atoms with E-state index in [1.54, 1.807) is 0 Å². The maximum absolute atomic E-state index is 11.4. The predicted octanol–water partition coefficient (Wildman–Crippen LogP) is 0.407. The van der Waals surface area contributed by atoms with Gasteiger partial charge >= 0.3 is 0 Å². The van der Waals surface area contributed by atoms with Gasteiger partial charge in [-0.25, -0.2) is 0 Å². The molecule has 0 bridgehead atoms. The van der Waals surface area contributed by atoms with Crippen LogP contribution in [0.1, 0.15) is 17.8 Å². The molecular weight excluding hydrogens is 178 g/mol. The molecule has 0 saturated carbocycles. The molecule has 1 saturated heterocycles. The van der Waals surface area contributed by atoms with E-state index >= 15 is 0 Å². The van der Waals surface area contributed by atoms with Crippen LogP contribution in [0.3, 0.4) is 0 Å². The zero-order valence-electron chi connectivity index (χ0n) is 8.58. The van der Waals surface area contributed by atoms with E-state index in [4.69, 9.17) is 0 Å². The molecule has 2 heterocycles. The average molecular weight is 193 g/mol. The van der Waals surface area contributed by atoms with Crippen molar-refractivity contribution in [1.82, 2.24) is 15.1 Å². The second-order valence-corrected chi connectivity index (χ2v) is 3.88. The van der Waals surface area contributed by atoms with Crippen LogP contribution in [-0.2, 0) is 18.3 Å². The molecule has 1 unspecified atom stereocenters. The molecule has 0 aromatic carbocycles. The van der Waals surface area contributed by atoms with Gasteiger partial charge < -0.3 is 5.32 Å². The fourth-order valence-corrected chi connectivity index (χ4v) is 1.95. The van der Waals surface area contributed by atoms with E-state index in [1.165, 1.54) is 0 Å². The zero-order chi connectivity index (χ0) is 10.1. The molecule has 1 aliphatic rings. The summed E-state index contributed by atoms with van der Waals surface area (Å²) < 4.78 is 1.86. The molecule has 0 radical (unpaired) electrons. The number of nitrogens with one attached hydrogen (secondary N) is 1. The smallest absolute Gasteiger partial charge is 0.223 e. The Morgan fingerprint density at radius 3 is 3.00 bits per heavy atom. The third-order valence-corrected chi connectivity index (χ3v) is 2.72. The van der Waals surface area contributed by atoms with Crippen molar-refractivity contribution in [3.8, 4) is 0 Å². The van der Waals surface area contributed by atoms with Gasteiger partial charge in [-0.15, -0.1) is 0 Å². The molecule has 14 heavy (non-hydrogen) atoms. The number of rotatable bonds is 2. The fourth-order valence-electron chi connectivity index (χ4n) is 1.95. The lowest BCUT2D eigenvalue weighted by molar-refractivity contribution is -0.122. The Bertz CT molecular complexity index is 356. The van der Waals surface area contributed by atoms with E-state index in [2.05, 4.69) is 10.4 Å². The Morgan fingerprint density at radius 1 is 1.71 bits per heavy atom. The number of carbonyl (C=O) groups is 1. The number of carbonyl (C=O) groups excluding carboxylic acids is 1. The minimum atomic E-state index is 0.143. The molecule has 1 aromatic heterocycles. The van der Waals surface area contributed by atoms with Crippen LogP contribution in [0.25, 0.3) is 0 Å². The van der Waals surface area contributed by atoms with Gasteiger partial charge in [-0.1, -0.05) is 0 Å². The fraction of sp³-hybridized carbons (Fsp3) is 0.600. The quantitative estimate of drug-likeness (QED) is 0.739. The summed E-state index contributed by atoms with van der Waals surface area (Å²) in [5, 5.41) is 7.11. The minimum absolute atomic E-state index is 0.143. The molecule has 1 aliphatic heterocycles. The predicted molar refractivity (Wildman–Crippen MR) is 52.8 cm³/mol. The highest BCUT2D eigenvalue weighted by atomic mass is 16.2. The first kappa shape index (κ1) is 9.24. The van der Waals surface area contributed by atoms with Crippen molar-refractivity contribution in [3.05, 3.63) is 17.5 Å². The van der Waals surface area contributed by atoms with Crippen LogP contribution in [0.15, 0.2) is 6.07 Å². The van der Waals surface area contributed by atoms with Crippen molar-refractivity contribution in [2.24, 2.45) is 13.0 Å². The number of amides is 1. The zero-order valence-corrected chi connectivity index (χ0v) is 8.58. The van der Waals surface area contributed by atoms with Crippen molar-refractivity contribution in [1.29, 1.82) is 0 Å². The van der Waals surface area contributed by atoms with Crippen LogP contribution >= 0.6 is 0 Å². The lowest BCUT2D eigenvalue weighted by Crippen LogP contribution is -2.21. The van der Waals surface area contributed by atoms with Gasteiger partial charge in [0.15, 0.2) is 0 Å². The summed E-state index contributed by atoms with van der Waals surface area (Å²) in [4.78, 5) is 11.4. The van der Waals surface area contributed by atoms with Gasteiger partial charge in [0.25, 0.3) is 0 Å². The molecule has 1 atom stereocenters. The number of aryl methyl sites for hydroxylation is 2. The van der Waals surface area contributed by atoms with E-state index in [0.29, 0.717) is 0 Å². The van der Waals surface area contributed by atoms with Gasteiger partial charge in [-0.05, 0) is 19.4 Å². The van der Waals surface area contributed by atoms with Gasteiger partial charge in [0.2, 0.25) is 5.91 Å². The highest BCUT2D eigenvalue weighted by Gasteiger charge is 2.25. The third kappa shape index (κ3) is 1.64. The number of aromatic nitrogens is 2. The molecule has 1 aromatic rings. The Balaban J connectivity index is 2.10. The Morgan fingerprint density at radius 2 is 2.50 bits per heavy atom. The number of hydrogen-bond acceptors (Lipinski definition) is 2. The SMILES string of the molecule is Cc1cc(CC2CCNC2=O)n(C)n1. The molecular formula is C10H15N3O. The highest BCUT2D eigenvalue weighted by molar-refractivity contribution is 5.80. The number of hydrogen-bond donors (Lipinski definition) is 1. The normalized spacial score (nSPS) is 21.3. The van der Waals surface area contributed by atoms with E-state index < -0.39 is 0 Å². The van der Waals surface area contributed by atoms with E-state index in [1.807, 2.05) is 24.7 Å². The van der Waals surface area contributed by atoms with Gasteiger partial charge in [0, 0.05) is 31.6 Å². The van der Waals surface area contributed by atoms with Crippen molar-refractivity contribution in [2.75, 3.05) is 6.54 Å². The standard InChI is InChI=1S/C10H15N3O/c1-7-5-9(13(2)12-7)6-8-3-4-11-10(8)14/h5,8H,3-4,6H2,1-2H3,(H,11,14). The molecule has 2 rings (SSSR count). The lowest BCUT2D eigenvalue weighted by atomic mass is 10.0. The summed E-state index contributed by atoms with van der Waals surface area (Å²) in [5.41, 5.74) is 2.16. The minimum Gasteiger partial charge on any atom is -0.356 e. The van der Waals surface area contributed by atoms with E-state index in [0.717, 1.165) is 30.8 Å². The van der Waals surface area contributed by atoms with Gasteiger partial charge in [-0.3, -0.25) is 9.48 Å². The summed E-state index contributed by atoms with van der Waals surface area (Å²) in [6, 6.07) is 2.05. The molecule has 4 heteroatoms. The van der Waals surface area contributed by atoms with Crippen molar-refractivity contribution >= 4 is 5.91 Å². The van der Waals surface area contributed by atoms with Crippen LogP contribution in [0.4, 0.5) is 0 Å². The second kappa shape index (κ2) is 3.44. The summed E-state index contributed by atoms with van der Waals surface area (Å²) >= 11 is 0. The first-order valence-electron chi connectivity index (χ1n) is 4.94. The van der Waals surface area contributed by atoms with E-state index in [9.17, 15) is 4.79 Å². The maximum atomic E-state index is 11.4. The average Bonchev–Trinajstić information content (AvgIpc) is 2.62. The van der Waals surface area contributed by atoms with Gasteiger partial charge in [-0.2, -0.15) is 5.10 Å². The van der Waals surface area contributed by atoms with Crippen molar-refractivity contribution < 1.29 is 4.79 Å². The topological polar surface area (TPSA) is 46.9 Å². The molecule has 1 N–H and O–H groups in total. The molecule has 76 valence electrons. The molecule has 0 aliphatic carbocycles. The van der Waals surface area contributed by atoms with Crippen molar-refractivity contribution in [2.45, 2.75) is 19.8 Å². The largest absolute Gasteiger partial charge is 0.356 e. The molecule has 0 spiro atoms. The van der Waals surface area contributed by atoms with Crippen LogP contribution in [0.2, 0.25) is 0 Å². The molecule has 1 amide bonds. The lowest BCUT2D eigenvalue weighted by Gasteiger charge is -2.06. The summed E-state index contributed by atoms with van der Waals surface area (Å²) in [6.45, 7) is 2.79. The summed E-state index contributed by atoms with van der Waals surface area (Å²) in [5.74, 6) is 0.327. The first-order chi connectivity index (χ1) is 6.66. The summed E-state index contributed by atoms with van der Waals surface area (Å²) in [7, 11) is 1.93. The molecule has 1 fully saturated rings. The Labute approximate surface area is 83.3 Å². The van der Waals surface area contributed by atoms with Crippen LogP contribution in [-0.4, -0.2) is 22.2 Å². The van der Waals surface area contributed by atoms with Crippen LogP contribution in [0, 0.1) is 12.8 Å².